The van der Waals surface area contributed by atoms with E-state index in [1.807, 2.05) is 18.2 Å². The van der Waals surface area contributed by atoms with Crippen molar-refractivity contribution in [3.05, 3.63) is 66.7 Å². The van der Waals surface area contributed by atoms with Crippen LogP contribution in [0.15, 0.2) is 60.9 Å². The predicted molar refractivity (Wildman–Crippen MR) is 122 cm³/mol. The Morgan fingerprint density at radius 1 is 1.00 bits per heavy atom. The van der Waals surface area contributed by atoms with Crippen LogP contribution in [-0.4, -0.2) is 34.1 Å². The fourth-order valence-electron chi connectivity index (χ4n) is 4.12. The molecule has 1 aromatic carbocycles. The van der Waals surface area contributed by atoms with Gasteiger partial charge in [-0.25, -0.2) is 9.37 Å². The molecule has 156 valence electrons. The molecule has 0 bridgehead atoms. The fourth-order valence-corrected chi connectivity index (χ4v) is 4.12. The maximum atomic E-state index is 13.3. The van der Waals surface area contributed by atoms with Crippen LogP contribution in [0, 0.1) is 5.82 Å². The van der Waals surface area contributed by atoms with Crippen LogP contribution in [0.1, 0.15) is 12.8 Å². The summed E-state index contributed by atoms with van der Waals surface area (Å²) in [6.45, 7) is 1.78. The van der Waals surface area contributed by atoms with E-state index in [9.17, 15) is 4.39 Å². The van der Waals surface area contributed by atoms with Crippen molar-refractivity contribution in [2.45, 2.75) is 18.9 Å². The number of rotatable bonds is 3. The van der Waals surface area contributed by atoms with Crippen molar-refractivity contribution in [1.29, 1.82) is 0 Å². The monoisotopic (exact) mass is 414 g/mol. The third-order valence-corrected chi connectivity index (χ3v) is 5.71. The lowest BCUT2D eigenvalue weighted by Crippen LogP contribution is -2.42. The van der Waals surface area contributed by atoms with Crippen LogP contribution < -0.4 is 16.4 Å². The highest BCUT2D eigenvalue weighted by Gasteiger charge is 2.20. The van der Waals surface area contributed by atoms with Gasteiger partial charge >= 0.3 is 0 Å². The topological polar surface area (TPSA) is 94.0 Å². The van der Waals surface area contributed by atoms with Gasteiger partial charge < -0.3 is 16.4 Å². The minimum Gasteiger partial charge on any atom is -0.397 e. The highest BCUT2D eigenvalue weighted by molar-refractivity contribution is 5.94. The predicted octanol–water partition coefficient (Wildman–Crippen LogP) is 4.01. The highest BCUT2D eigenvalue weighted by Crippen LogP contribution is 2.32. The van der Waals surface area contributed by atoms with Gasteiger partial charge in [-0.05, 0) is 61.4 Å². The third-order valence-electron chi connectivity index (χ3n) is 5.71. The van der Waals surface area contributed by atoms with Gasteiger partial charge in [-0.1, -0.05) is 0 Å². The molecule has 0 radical (unpaired) electrons. The van der Waals surface area contributed by atoms with E-state index in [4.69, 9.17) is 16.5 Å². The number of anilines is 2. The van der Waals surface area contributed by atoms with E-state index in [2.05, 4.69) is 14.9 Å². The van der Waals surface area contributed by atoms with Gasteiger partial charge in [0.2, 0.25) is 0 Å². The minimum absolute atomic E-state index is 0.169. The zero-order valence-corrected chi connectivity index (χ0v) is 17.0. The van der Waals surface area contributed by atoms with Crippen LogP contribution in [0.4, 0.5) is 15.8 Å². The van der Waals surface area contributed by atoms with Crippen LogP contribution in [0.2, 0.25) is 0 Å². The molecule has 0 saturated carbocycles. The number of hydrogen-bond donors (Lipinski definition) is 2. The summed E-state index contributed by atoms with van der Waals surface area (Å²) >= 11 is 0. The van der Waals surface area contributed by atoms with Crippen molar-refractivity contribution in [1.82, 2.24) is 15.0 Å². The Morgan fingerprint density at radius 2 is 1.84 bits per heavy atom. The maximum absolute atomic E-state index is 13.3. The lowest BCUT2D eigenvalue weighted by molar-refractivity contribution is 0.507. The first-order valence-electron chi connectivity index (χ1n) is 10.4. The zero-order valence-electron chi connectivity index (χ0n) is 17.0. The number of hydrogen-bond acceptors (Lipinski definition) is 6. The zero-order chi connectivity index (χ0) is 21.4. The highest BCUT2D eigenvalue weighted by atomic mass is 19.1. The Labute approximate surface area is 179 Å². The number of fused-ring (bicyclic) bond motifs is 1. The molecule has 4 heterocycles. The van der Waals surface area contributed by atoms with Crippen LogP contribution in [0.3, 0.4) is 0 Å². The summed E-state index contributed by atoms with van der Waals surface area (Å²) < 4.78 is 13.3. The van der Waals surface area contributed by atoms with Gasteiger partial charge in [-0.15, -0.1) is 0 Å². The Kier molecular flexibility index (Phi) is 4.95. The third kappa shape index (κ3) is 3.80. The molecule has 4 N–H and O–H groups in total. The minimum atomic E-state index is -0.284. The van der Waals surface area contributed by atoms with Crippen LogP contribution in [-0.2, 0) is 0 Å². The summed E-state index contributed by atoms with van der Waals surface area (Å²) in [5, 5.41) is 0.995. The van der Waals surface area contributed by atoms with E-state index >= 15 is 0 Å². The van der Waals surface area contributed by atoms with Crippen molar-refractivity contribution in [2.75, 3.05) is 23.7 Å². The molecule has 6 nitrogen and oxygen atoms in total. The molecule has 1 atom stereocenters. The van der Waals surface area contributed by atoms with Crippen LogP contribution in [0.5, 0.6) is 0 Å². The Balaban J connectivity index is 1.60. The number of piperidine rings is 1. The molecule has 1 aliphatic rings. The lowest BCUT2D eigenvalue weighted by Gasteiger charge is -2.33. The number of nitrogens with zero attached hydrogens (tertiary/aromatic N) is 4. The molecule has 1 saturated heterocycles. The standard InChI is InChI=1S/C24H23FN6/c25-16-5-3-15(4-6-16)20-8-7-19(27)24(30-20)21-12-18-22(13-29-21)28-10-9-23(18)31-11-1-2-17(26)14-31/h3-10,12-13,17H,1-2,11,14,26-27H2/t17-/m0/s1. The average molecular weight is 414 g/mol. The van der Waals surface area contributed by atoms with E-state index in [-0.39, 0.29) is 11.9 Å². The number of nitrogens with two attached hydrogens (primary N) is 2. The smallest absolute Gasteiger partial charge is 0.123 e. The van der Waals surface area contributed by atoms with E-state index in [0.29, 0.717) is 22.8 Å². The van der Waals surface area contributed by atoms with Crippen molar-refractivity contribution in [2.24, 2.45) is 5.73 Å². The molecule has 3 aromatic heterocycles. The number of pyridine rings is 3. The molecule has 0 unspecified atom stereocenters. The molecule has 0 aliphatic carbocycles. The number of aromatic nitrogens is 3. The van der Waals surface area contributed by atoms with Crippen LogP contribution in [0.25, 0.3) is 33.5 Å². The van der Waals surface area contributed by atoms with Crippen molar-refractivity contribution < 1.29 is 4.39 Å². The van der Waals surface area contributed by atoms with Gasteiger partial charge in [0.1, 0.15) is 11.5 Å². The van der Waals surface area contributed by atoms with Crippen LogP contribution >= 0.6 is 0 Å². The summed E-state index contributed by atoms with van der Waals surface area (Å²) in [5.74, 6) is -0.284. The van der Waals surface area contributed by atoms with Gasteiger partial charge in [0.25, 0.3) is 0 Å². The summed E-state index contributed by atoms with van der Waals surface area (Å²) in [4.78, 5) is 16.1. The second kappa shape index (κ2) is 7.92. The molecule has 31 heavy (non-hydrogen) atoms. The average Bonchev–Trinajstić information content (AvgIpc) is 2.79. The van der Waals surface area contributed by atoms with Crippen molar-refractivity contribution in [3.8, 4) is 22.6 Å². The molecular weight excluding hydrogens is 391 g/mol. The summed E-state index contributed by atoms with van der Waals surface area (Å²) in [7, 11) is 0. The number of halogens is 1. The normalized spacial score (nSPS) is 16.6. The van der Waals surface area contributed by atoms with E-state index in [0.717, 1.165) is 48.1 Å². The summed E-state index contributed by atoms with van der Waals surface area (Å²) in [6.07, 6.45) is 5.67. The second-order valence-corrected chi connectivity index (χ2v) is 7.91. The molecular formula is C24H23FN6. The maximum Gasteiger partial charge on any atom is 0.123 e. The molecule has 1 aliphatic heterocycles. The fraction of sp³-hybridized carbons (Fsp3) is 0.208. The van der Waals surface area contributed by atoms with Crippen molar-refractivity contribution in [3.63, 3.8) is 0 Å². The first-order chi connectivity index (χ1) is 15.1. The Morgan fingerprint density at radius 3 is 2.65 bits per heavy atom. The SMILES string of the molecule is Nc1ccc(-c2ccc(F)cc2)nc1-c1cc2c(N3CCC[C@H](N)C3)ccnc2cn1. The van der Waals surface area contributed by atoms with Gasteiger partial charge in [-0.3, -0.25) is 9.97 Å². The molecule has 5 rings (SSSR count). The van der Waals surface area contributed by atoms with E-state index in [1.54, 1.807) is 30.6 Å². The largest absolute Gasteiger partial charge is 0.397 e. The first kappa shape index (κ1) is 19.4. The lowest BCUT2D eigenvalue weighted by atomic mass is 10.0. The molecule has 4 aromatic rings. The van der Waals surface area contributed by atoms with Gasteiger partial charge in [0, 0.05) is 42.0 Å². The Hall–Kier alpha value is -3.58. The molecule has 7 heteroatoms. The van der Waals surface area contributed by atoms with E-state index in [1.165, 1.54) is 12.1 Å². The van der Waals surface area contributed by atoms with Gasteiger partial charge in [0.05, 0.1) is 28.8 Å². The molecule has 0 spiro atoms. The second-order valence-electron chi connectivity index (χ2n) is 7.91. The Bertz CT molecular complexity index is 1240. The summed E-state index contributed by atoms with van der Waals surface area (Å²) in [5.41, 5.74) is 17.7. The first-order valence-corrected chi connectivity index (χ1v) is 10.4. The molecule has 1 fully saturated rings. The van der Waals surface area contributed by atoms with E-state index < -0.39 is 0 Å². The summed E-state index contributed by atoms with van der Waals surface area (Å²) in [6, 6.07) is 14.1. The number of benzene rings is 1. The molecule has 0 amide bonds. The van der Waals surface area contributed by atoms with Crippen molar-refractivity contribution >= 4 is 22.3 Å². The number of nitrogen functional groups attached to an aromatic ring is 1. The van der Waals surface area contributed by atoms with Gasteiger partial charge in [-0.2, -0.15) is 0 Å². The van der Waals surface area contributed by atoms with Gasteiger partial charge in [0.15, 0.2) is 0 Å². The quantitative estimate of drug-likeness (QED) is 0.526.